The molecule has 0 atom stereocenters. The molecule has 3 aromatic rings. The van der Waals surface area contributed by atoms with E-state index in [2.05, 4.69) is 25.0 Å². The first kappa shape index (κ1) is 16.9. The van der Waals surface area contributed by atoms with Crippen LogP contribution in [0, 0.1) is 5.82 Å². The maximum Gasteiger partial charge on any atom is 0.422 e. The highest BCUT2D eigenvalue weighted by molar-refractivity contribution is 5.89. The van der Waals surface area contributed by atoms with E-state index in [4.69, 9.17) is 0 Å². The zero-order valence-electron chi connectivity index (χ0n) is 12.7. The lowest BCUT2D eigenvalue weighted by molar-refractivity contribution is -0.154. The summed E-state index contributed by atoms with van der Waals surface area (Å²) in [5, 5.41) is 3.56. The fourth-order valence-electron chi connectivity index (χ4n) is 2.13. The van der Waals surface area contributed by atoms with Gasteiger partial charge in [0.2, 0.25) is 5.88 Å². The molecular weight excluding hydrogens is 340 g/mol. The third-order valence-electron chi connectivity index (χ3n) is 3.26. The molecule has 0 aliphatic rings. The number of benzene rings is 1. The average molecular weight is 352 g/mol. The van der Waals surface area contributed by atoms with Crippen LogP contribution in [0.1, 0.15) is 5.56 Å². The number of nitrogens with zero attached hydrogens (tertiary/aromatic N) is 3. The van der Waals surface area contributed by atoms with Gasteiger partial charge in [0.15, 0.2) is 6.61 Å². The topological polar surface area (TPSA) is 59.9 Å². The second-order valence-corrected chi connectivity index (χ2v) is 5.12. The molecule has 3 rings (SSSR count). The predicted molar refractivity (Wildman–Crippen MR) is 82.6 cm³/mol. The first-order valence-electron chi connectivity index (χ1n) is 7.20. The van der Waals surface area contributed by atoms with Crippen molar-refractivity contribution in [3.05, 3.63) is 54.2 Å². The second-order valence-electron chi connectivity index (χ2n) is 5.12. The van der Waals surface area contributed by atoms with Gasteiger partial charge in [0.1, 0.15) is 23.5 Å². The Labute approximate surface area is 139 Å². The molecule has 5 nitrogen and oxygen atoms in total. The highest BCUT2D eigenvalue weighted by atomic mass is 19.4. The Morgan fingerprint density at radius 1 is 1.04 bits per heavy atom. The molecule has 130 valence electrons. The number of pyridine rings is 1. The summed E-state index contributed by atoms with van der Waals surface area (Å²) in [5.74, 6) is -0.117. The maximum absolute atomic E-state index is 13.7. The zero-order chi connectivity index (χ0) is 17.9. The largest absolute Gasteiger partial charge is 0.468 e. The molecule has 2 heterocycles. The third-order valence-corrected chi connectivity index (χ3v) is 3.26. The van der Waals surface area contributed by atoms with Crippen LogP contribution in [0.15, 0.2) is 42.9 Å². The van der Waals surface area contributed by atoms with Gasteiger partial charge < -0.3 is 10.1 Å². The molecule has 0 aliphatic carbocycles. The van der Waals surface area contributed by atoms with Gasteiger partial charge in [-0.05, 0) is 17.7 Å². The van der Waals surface area contributed by atoms with Crippen molar-refractivity contribution < 1.29 is 22.3 Å². The lowest BCUT2D eigenvalue weighted by Gasteiger charge is -2.10. The van der Waals surface area contributed by atoms with Crippen molar-refractivity contribution in [3.8, 4) is 5.88 Å². The van der Waals surface area contributed by atoms with E-state index < -0.39 is 18.6 Å². The maximum atomic E-state index is 13.7. The van der Waals surface area contributed by atoms with E-state index >= 15 is 0 Å². The lowest BCUT2D eigenvalue weighted by atomic mass is 10.2. The molecule has 9 heteroatoms. The molecule has 2 aromatic heterocycles. The molecule has 1 N–H and O–H groups in total. The molecule has 0 amide bonds. The second kappa shape index (κ2) is 6.88. The van der Waals surface area contributed by atoms with E-state index in [0.29, 0.717) is 23.3 Å². The van der Waals surface area contributed by atoms with Gasteiger partial charge in [-0.3, -0.25) is 0 Å². The Bertz CT molecular complexity index is 868. The molecule has 0 saturated heterocycles. The Kier molecular flexibility index (Phi) is 4.64. The van der Waals surface area contributed by atoms with Crippen LogP contribution < -0.4 is 10.1 Å². The lowest BCUT2D eigenvalue weighted by Crippen LogP contribution is -2.19. The smallest absolute Gasteiger partial charge is 0.422 e. The number of hydrogen-bond acceptors (Lipinski definition) is 5. The standard InChI is InChI=1S/C16H12F4N4O/c17-12-3-1-2-11-14(12)23-9-24-15(11)22-7-10-4-5-13(21-6-10)25-8-16(18,19)20/h1-6,9H,7-8H2,(H,22,23,24). The molecule has 0 saturated carbocycles. The normalized spacial score (nSPS) is 11.5. The van der Waals surface area contributed by atoms with E-state index in [1.807, 2.05) is 0 Å². The Morgan fingerprint density at radius 2 is 1.88 bits per heavy atom. The first-order valence-corrected chi connectivity index (χ1v) is 7.20. The van der Waals surface area contributed by atoms with Crippen molar-refractivity contribution >= 4 is 16.7 Å². The fourth-order valence-corrected chi connectivity index (χ4v) is 2.13. The summed E-state index contributed by atoms with van der Waals surface area (Å²) in [4.78, 5) is 11.8. The van der Waals surface area contributed by atoms with Gasteiger partial charge in [0, 0.05) is 24.2 Å². The average Bonchev–Trinajstić information content (AvgIpc) is 2.59. The van der Waals surface area contributed by atoms with Crippen LogP contribution in [-0.4, -0.2) is 27.7 Å². The minimum Gasteiger partial charge on any atom is -0.468 e. The minimum absolute atomic E-state index is 0.115. The molecule has 0 bridgehead atoms. The number of hydrogen-bond donors (Lipinski definition) is 1. The highest BCUT2D eigenvalue weighted by Crippen LogP contribution is 2.22. The van der Waals surface area contributed by atoms with Crippen LogP contribution in [0.2, 0.25) is 0 Å². The Morgan fingerprint density at radius 3 is 2.60 bits per heavy atom. The van der Waals surface area contributed by atoms with Crippen LogP contribution in [0.25, 0.3) is 10.9 Å². The van der Waals surface area contributed by atoms with Gasteiger partial charge in [-0.25, -0.2) is 19.3 Å². The quantitative estimate of drug-likeness (QED) is 0.709. The SMILES string of the molecule is Fc1cccc2c(NCc3ccc(OCC(F)(F)F)nc3)ncnc12. The summed E-state index contributed by atoms with van der Waals surface area (Å²) in [6, 6.07) is 7.48. The van der Waals surface area contributed by atoms with Crippen LogP contribution in [0.5, 0.6) is 5.88 Å². The molecule has 0 fully saturated rings. The van der Waals surface area contributed by atoms with Crippen molar-refractivity contribution in [2.24, 2.45) is 0 Å². The van der Waals surface area contributed by atoms with Crippen molar-refractivity contribution in [2.75, 3.05) is 11.9 Å². The molecule has 0 aliphatic heterocycles. The van der Waals surface area contributed by atoms with Crippen LogP contribution in [-0.2, 0) is 6.54 Å². The number of anilines is 1. The summed E-state index contributed by atoms with van der Waals surface area (Å²) < 4.78 is 54.5. The number of aromatic nitrogens is 3. The highest BCUT2D eigenvalue weighted by Gasteiger charge is 2.28. The number of halogens is 4. The van der Waals surface area contributed by atoms with E-state index in [-0.39, 0.29) is 11.4 Å². The Hall–Kier alpha value is -2.97. The number of ether oxygens (including phenoxy) is 1. The third kappa shape index (κ3) is 4.31. The van der Waals surface area contributed by atoms with Crippen molar-refractivity contribution in [1.82, 2.24) is 15.0 Å². The predicted octanol–water partition coefficient (Wildman–Crippen LogP) is 3.72. The van der Waals surface area contributed by atoms with Gasteiger partial charge >= 0.3 is 6.18 Å². The molecule has 0 spiro atoms. The molecular formula is C16H12F4N4O. The van der Waals surface area contributed by atoms with Gasteiger partial charge in [-0.15, -0.1) is 0 Å². The first-order chi connectivity index (χ1) is 11.9. The van der Waals surface area contributed by atoms with Gasteiger partial charge in [0.25, 0.3) is 0 Å². The summed E-state index contributed by atoms with van der Waals surface area (Å²) in [6.45, 7) is -1.09. The van der Waals surface area contributed by atoms with Crippen molar-refractivity contribution in [2.45, 2.75) is 12.7 Å². The summed E-state index contributed by atoms with van der Waals surface area (Å²) in [6.07, 6.45) is -1.77. The van der Waals surface area contributed by atoms with Crippen LogP contribution >= 0.6 is 0 Å². The van der Waals surface area contributed by atoms with Crippen molar-refractivity contribution in [3.63, 3.8) is 0 Å². The number of fused-ring (bicyclic) bond motifs is 1. The van der Waals surface area contributed by atoms with Crippen molar-refractivity contribution in [1.29, 1.82) is 0 Å². The summed E-state index contributed by atoms with van der Waals surface area (Å²) >= 11 is 0. The number of para-hydroxylation sites is 1. The minimum atomic E-state index is -4.41. The van der Waals surface area contributed by atoms with E-state index in [9.17, 15) is 17.6 Å². The zero-order valence-corrected chi connectivity index (χ0v) is 12.7. The van der Waals surface area contributed by atoms with Crippen LogP contribution in [0.3, 0.4) is 0 Å². The van der Waals surface area contributed by atoms with Crippen LogP contribution in [0.4, 0.5) is 23.4 Å². The molecule has 0 radical (unpaired) electrons. The number of nitrogens with one attached hydrogen (secondary N) is 1. The number of alkyl halides is 3. The molecule has 0 unspecified atom stereocenters. The Balaban J connectivity index is 1.67. The molecule has 1 aromatic carbocycles. The van der Waals surface area contributed by atoms with Gasteiger partial charge in [0.05, 0.1) is 0 Å². The van der Waals surface area contributed by atoms with E-state index in [1.54, 1.807) is 18.2 Å². The fraction of sp³-hybridized carbons (Fsp3) is 0.188. The van der Waals surface area contributed by atoms with Gasteiger partial charge in [-0.1, -0.05) is 12.1 Å². The summed E-state index contributed by atoms with van der Waals surface area (Å²) in [7, 11) is 0. The monoisotopic (exact) mass is 352 g/mol. The van der Waals surface area contributed by atoms with E-state index in [1.165, 1.54) is 24.7 Å². The summed E-state index contributed by atoms with van der Waals surface area (Å²) in [5.41, 5.74) is 0.900. The van der Waals surface area contributed by atoms with E-state index in [0.717, 1.165) is 0 Å². The molecule has 25 heavy (non-hydrogen) atoms. The van der Waals surface area contributed by atoms with Gasteiger partial charge in [-0.2, -0.15) is 13.2 Å². The number of rotatable bonds is 5.